The highest BCUT2D eigenvalue weighted by Crippen LogP contribution is 2.44. The molecule has 7 nitrogen and oxygen atoms in total. The summed E-state index contributed by atoms with van der Waals surface area (Å²) in [6, 6.07) is 6.10. The van der Waals surface area contributed by atoms with Crippen molar-refractivity contribution in [2.75, 3.05) is 33.4 Å². The Labute approximate surface area is 134 Å². The van der Waals surface area contributed by atoms with Gasteiger partial charge in [-0.2, -0.15) is 4.31 Å². The van der Waals surface area contributed by atoms with Gasteiger partial charge in [-0.3, -0.25) is 4.79 Å². The smallest absolute Gasteiger partial charge is 0.311 e. The molecule has 3 rings (SSSR count). The van der Waals surface area contributed by atoms with E-state index in [-0.39, 0.29) is 30.5 Å². The van der Waals surface area contributed by atoms with E-state index >= 15 is 0 Å². The predicted octanol–water partition coefficient (Wildman–Crippen LogP) is 0.807. The van der Waals surface area contributed by atoms with Crippen molar-refractivity contribution in [2.24, 2.45) is 11.3 Å². The van der Waals surface area contributed by atoms with Gasteiger partial charge in [0.1, 0.15) is 5.75 Å². The third-order valence-electron chi connectivity index (χ3n) is 4.80. The van der Waals surface area contributed by atoms with Crippen molar-refractivity contribution in [1.29, 1.82) is 0 Å². The van der Waals surface area contributed by atoms with Crippen LogP contribution in [0.5, 0.6) is 5.75 Å². The average Bonchev–Trinajstić information content (AvgIpc) is 2.97. The van der Waals surface area contributed by atoms with Gasteiger partial charge in [0.2, 0.25) is 10.0 Å². The van der Waals surface area contributed by atoms with Gasteiger partial charge in [-0.25, -0.2) is 8.42 Å². The lowest BCUT2D eigenvalue weighted by atomic mass is 9.74. The van der Waals surface area contributed by atoms with Crippen LogP contribution in [-0.2, 0) is 19.6 Å². The molecule has 2 saturated heterocycles. The quantitative estimate of drug-likeness (QED) is 0.871. The van der Waals surface area contributed by atoms with Crippen LogP contribution < -0.4 is 4.74 Å². The number of hydrogen-bond acceptors (Lipinski definition) is 5. The number of ether oxygens (including phenoxy) is 2. The van der Waals surface area contributed by atoms with E-state index in [1.165, 1.54) is 23.5 Å². The monoisotopic (exact) mass is 341 g/mol. The predicted molar refractivity (Wildman–Crippen MR) is 80.7 cm³/mol. The van der Waals surface area contributed by atoms with Crippen molar-refractivity contribution in [3.05, 3.63) is 24.3 Å². The summed E-state index contributed by atoms with van der Waals surface area (Å²) in [7, 11) is -2.23. The summed E-state index contributed by atoms with van der Waals surface area (Å²) in [5.74, 6) is -0.700. The summed E-state index contributed by atoms with van der Waals surface area (Å²) in [6.07, 6.45) is 0.335. The number of methoxy groups -OCH3 is 1. The Balaban J connectivity index is 1.90. The van der Waals surface area contributed by atoms with Gasteiger partial charge < -0.3 is 14.6 Å². The third kappa shape index (κ3) is 2.60. The number of nitrogens with zero attached hydrogens (tertiary/aromatic N) is 1. The molecule has 0 saturated carbocycles. The number of aliphatic carboxylic acids is 1. The number of fused-ring (bicyclic) bond motifs is 1. The zero-order chi connectivity index (χ0) is 16.7. The first-order valence-electron chi connectivity index (χ1n) is 7.35. The van der Waals surface area contributed by atoms with E-state index in [2.05, 4.69) is 0 Å². The first-order valence-corrected chi connectivity index (χ1v) is 8.79. The first-order chi connectivity index (χ1) is 10.9. The minimum atomic E-state index is -3.73. The summed E-state index contributed by atoms with van der Waals surface area (Å²) in [6.45, 7) is 0.783. The fourth-order valence-corrected chi connectivity index (χ4v) is 4.89. The molecule has 2 aliphatic rings. The Morgan fingerprint density at radius 1 is 1.39 bits per heavy atom. The van der Waals surface area contributed by atoms with Crippen LogP contribution in [0, 0.1) is 11.3 Å². The Hall–Kier alpha value is -1.64. The Bertz CT molecular complexity index is 701. The Kier molecular flexibility index (Phi) is 4.07. The Morgan fingerprint density at radius 2 is 2.09 bits per heavy atom. The minimum absolute atomic E-state index is 0.00920. The van der Waals surface area contributed by atoms with Crippen molar-refractivity contribution >= 4 is 16.0 Å². The topological polar surface area (TPSA) is 93.1 Å². The molecule has 126 valence electrons. The number of sulfonamides is 1. The molecule has 0 spiro atoms. The normalized spacial score (nSPS) is 28.3. The lowest BCUT2D eigenvalue weighted by molar-refractivity contribution is -0.157. The third-order valence-corrected chi connectivity index (χ3v) is 6.62. The van der Waals surface area contributed by atoms with Crippen molar-refractivity contribution in [3.8, 4) is 5.75 Å². The lowest BCUT2D eigenvalue weighted by Gasteiger charge is -2.34. The van der Waals surface area contributed by atoms with Gasteiger partial charge in [0.05, 0.1) is 24.0 Å². The van der Waals surface area contributed by atoms with Gasteiger partial charge >= 0.3 is 5.97 Å². The second-order valence-electron chi connectivity index (χ2n) is 5.96. The second-order valence-corrected chi connectivity index (χ2v) is 7.89. The van der Waals surface area contributed by atoms with E-state index in [4.69, 9.17) is 9.47 Å². The highest BCUT2D eigenvalue weighted by Gasteiger charge is 2.56. The summed E-state index contributed by atoms with van der Waals surface area (Å²) >= 11 is 0. The Morgan fingerprint density at radius 3 is 2.65 bits per heavy atom. The zero-order valence-corrected chi connectivity index (χ0v) is 13.6. The highest BCUT2D eigenvalue weighted by atomic mass is 32.2. The molecule has 2 aliphatic heterocycles. The van der Waals surface area contributed by atoms with Crippen LogP contribution in [0.25, 0.3) is 0 Å². The number of rotatable bonds is 4. The maximum atomic E-state index is 12.8. The van der Waals surface area contributed by atoms with Crippen LogP contribution in [0.15, 0.2) is 29.2 Å². The molecule has 0 aromatic heterocycles. The van der Waals surface area contributed by atoms with Crippen molar-refractivity contribution < 1.29 is 27.8 Å². The molecular weight excluding hydrogens is 322 g/mol. The molecule has 1 aromatic rings. The molecule has 1 aromatic carbocycles. The zero-order valence-electron chi connectivity index (χ0n) is 12.8. The summed E-state index contributed by atoms with van der Waals surface area (Å²) in [5.41, 5.74) is -1.04. The van der Waals surface area contributed by atoms with Crippen LogP contribution >= 0.6 is 0 Å². The van der Waals surface area contributed by atoms with E-state index in [1.807, 2.05) is 0 Å². The summed E-state index contributed by atoms with van der Waals surface area (Å²) in [4.78, 5) is 11.9. The van der Waals surface area contributed by atoms with Gasteiger partial charge in [-0.1, -0.05) is 0 Å². The molecule has 2 fully saturated rings. The van der Waals surface area contributed by atoms with E-state index in [0.717, 1.165) is 0 Å². The van der Waals surface area contributed by atoms with E-state index in [9.17, 15) is 18.3 Å². The standard InChI is InChI=1S/C15H19NO6S/c1-21-12-2-4-13(5-3-12)23(19,20)16-8-11-9-22-7-6-15(11,10-16)14(17)18/h2-5,11H,6-10H2,1H3,(H,17,18)/t11-,15+/m1/s1. The van der Waals surface area contributed by atoms with Crippen LogP contribution in [0.3, 0.4) is 0 Å². The minimum Gasteiger partial charge on any atom is -0.497 e. The summed E-state index contributed by atoms with van der Waals surface area (Å²) < 4.78 is 37.2. The molecule has 0 radical (unpaired) electrons. The molecule has 0 aliphatic carbocycles. The number of hydrogen-bond donors (Lipinski definition) is 1. The number of carbonyl (C=O) groups is 1. The van der Waals surface area contributed by atoms with Gasteiger partial charge in [0, 0.05) is 25.6 Å². The van der Waals surface area contributed by atoms with Gasteiger partial charge in [0.25, 0.3) is 0 Å². The fraction of sp³-hybridized carbons (Fsp3) is 0.533. The molecule has 2 heterocycles. The van der Waals surface area contributed by atoms with Crippen molar-refractivity contribution in [3.63, 3.8) is 0 Å². The average molecular weight is 341 g/mol. The number of carboxylic acids is 1. The molecular formula is C15H19NO6S. The molecule has 8 heteroatoms. The number of carboxylic acid groups (broad SMARTS) is 1. The van der Waals surface area contributed by atoms with Crippen LogP contribution in [0.4, 0.5) is 0 Å². The fourth-order valence-electron chi connectivity index (χ4n) is 3.33. The van der Waals surface area contributed by atoms with Crippen molar-refractivity contribution in [1.82, 2.24) is 4.31 Å². The molecule has 0 amide bonds. The largest absolute Gasteiger partial charge is 0.497 e. The maximum Gasteiger partial charge on any atom is 0.311 e. The van der Waals surface area contributed by atoms with Gasteiger partial charge in [0.15, 0.2) is 0 Å². The van der Waals surface area contributed by atoms with Gasteiger partial charge in [-0.15, -0.1) is 0 Å². The first kappa shape index (κ1) is 16.2. The summed E-state index contributed by atoms with van der Waals surface area (Å²) in [5, 5.41) is 9.63. The highest BCUT2D eigenvalue weighted by molar-refractivity contribution is 7.89. The van der Waals surface area contributed by atoms with E-state index < -0.39 is 21.4 Å². The van der Waals surface area contributed by atoms with Crippen LogP contribution in [-0.4, -0.2) is 57.2 Å². The second kappa shape index (κ2) is 5.77. The molecule has 0 bridgehead atoms. The van der Waals surface area contributed by atoms with Crippen LogP contribution in [0.2, 0.25) is 0 Å². The number of benzene rings is 1. The molecule has 2 atom stereocenters. The molecule has 1 N–H and O–H groups in total. The lowest BCUT2D eigenvalue weighted by Crippen LogP contribution is -2.45. The van der Waals surface area contributed by atoms with Gasteiger partial charge in [-0.05, 0) is 30.7 Å². The SMILES string of the molecule is COc1ccc(S(=O)(=O)N2C[C@@H]3COCC[C@]3(C(=O)O)C2)cc1. The van der Waals surface area contributed by atoms with E-state index in [1.54, 1.807) is 12.1 Å². The molecule has 23 heavy (non-hydrogen) atoms. The molecule has 0 unspecified atom stereocenters. The van der Waals surface area contributed by atoms with Crippen LogP contribution in [0.1, 0.15) is 6.42 Å². The van der Waals surface area contributed by atoms with E-state index in [0.29, 0.717) is 18.8 Å². The van der Waals surface area contributed by atoms with Crippen molar-refractivity contribution in [2.45, 2.75) is 11.3 Å². The maximum absolute atomic E-state index is 12.8.